The number of aliphatic imine (C=N–C) groups is 1. The first-order valence-electron chi connectivity index (χ1n) is 8.58. The molecule has 2 aliphatic rings. The predicted molar refractivity (Wildman–Crippen MR) is 110 cm³/mol. The Kier molecular flexibility index (Phi) is 4.69. The fourth-order valence-corrected chi connectivity index (χ4v) is 6.88. The third-order valence-corrected chi connectivity index (χ3v) is 7.61. The first kappa shape index (κ1) is 18.1. The lowest BCUT2D eigenvalue weighted by atomic mass is 10.1. The van der Waals surface area contributed by atoms with Crippen LogP contribution in [0.15, 0.2) is 53.5 Å². The second-order valence-corrected chi connectivity index (χ2v) is 10.1. The van der Waals surface area contributed by atoms with E-state index in [4.69, 9.17) is 0 Å². The first-order valence-corrected chi connectivity index (χ1v) is 11.3. The number of carbonyl (C=O) groups excluding carboxylic acids is 1. The molecule has 0 spiro atoms. The maximum atomic E-state index is 12.5. The van der Waals surface area contributed by atoms with Gasteiger partial charge in [0.05, 0.1) is 17.5 Å². The molecule has 0 unspecified atom stereocenters. The van der Waals surface area contributed by atoms with Crippen LogP contribution in [-0.2, 0) is 9.84 Å². The number of thioether (sulfide) groups is 1. The summed E-state index contributed by atoms with van der Waals surface area (Å²) in [6, 6.07) is 14.6. The maximum absolute atomic E-state index is 12.5. The number of anilines is 2. The molecule has 0 radical (unpaired) electrons. The minimum absolute atomic E-state index is 0.00898. The molecule has 2 heterocycles. The highest BCUT2D eigenvalue weighted by atomic mass is 32.2. The van der Waals surface area contributed by atoms with Gasteiger partial charge in [-0.05, 0) is 42.8 Å². The van der Waals surface area contributed by atoms with Gasteiger partial charge >= 0.3 is 0 Å². The van der Waals surface area contributed by atoms with Gasteiger partial charge in [0.15, 0.2) is 15.0 Å². The molecule has 27 heavy (non-hydrogen) atoms. The van der Waals surface area contributed by atoms with Crippen molar-refractivity contribution in [3.05, 3.63) is 59.7 Å². The van der Waals surface area contributed by atoms with Gasteiger partial charge in [-0.1, -0.05) is 30.0 Å². The zero-order chi connectivity index (χ0) is 19.0. The highest BCUT2D eigenvalue weighted by molar-refractivity contribution is 8.15. The van der Waals surface area contributed by atoms with Crippen molar-refractivity contribution in [2.24, 2.45) is 4.99 Å². The summed E-state index contributed by atoms with van der Waals surface area (Å²) >= 11 is 1.46. The highest BCUT2D eigenvalue weighted by Gasteiger charge is 2.42. The Morgan fingerprint density at radius 2 is 1.89 bits per heavy atom. The van der Waals surface area contributed by atoms with Crippen molar-refractivity contribution in [3.63, 3.8) is 0 Å². The maximum Gasteiger partial charge on any atom is 0.255 e. The Bertz CT molecular complexity index is 1030. The van der Waals surface area contributed by atoms with E-state index in [0.29, 0.717) is 10.7 Å². The van der Waals surface area contributed by atoms with E-state index in [-0.39, 0.29) is 28.7 Å². The van der Waals surface area contributed by atoms with E-state index < -0.39 is 9.84 Å². The normalized spacial score (nSPS) is 22.8. The van der Waals surface area contributed by atoms with Crippen LogP contribution in [0, 0.1) is 6.92 Å². The topological polar surface area (TPSA) is 87.6 Å². The summed E-state index contributed by atoms with van der Waals surface area (Å²) < 4.78 is 23.3. The molecule has 8 heteroatoms. The van der Waals surface area contributed by atoms with Crippen LogP contribution in [0.3, 0.4) is 0 Å². The van der Waals surface area contributed by atoms with Gasteiger partial charge < -0.3 is 10.6 Å². The number of hydrogen-bond acceptors (Lipinski definition) is 6. The van der Waals surface area contributed by atoms with Crippen molar-refractivity contribution in [2.75, 3.05) is 22.1 Å². The van der Waals surface area contributed by atoms with E-state index >= 15 is 0 Å². The molecule has 1 amide bonds. The lowest BCUT2D eigenvalue weighted by Gasteiger charge is -2.10. The minimum Gasteiger partial charge on any atom is -0.335 e. The molecule has 4 rings (SSSR count). The number of benzene rings is 2. The van der Waals surface area contributed by atoms with E-state index in [1.165, 1.54) is 11.8 Å². The van der Waals surface area contributed by atoms with Gasteiger partial charge in [-0.3, -0.25) is 9.79 Å². The van der Waals surface area contributed by atoms with E-state index in [0.717, 1.165) is 16.9 Å². The van der Waals surface area contributed by atoms with Crippen molar-refractivity contribution in [3.8, 4) is 0 Å². The van der Waals surface area contributed by atoms with Crippen LogP contribution in [0.25, 0.3) is 0 Å². The van der Waals surface area contributed by atoms with Crippen LogP contribution in [0.5, 0.6) is 0 Å². The molecule has 2 atom stereocenters. The summed E-state index contributed by atoms with van der Waals surface area (Å²) in [7, 11) is -2.96. The van der Waals surface area contributed by atoms with Gasteiger partial charge in [0.2, 0.25) is 0 Å². The molecule has 6 nitrogen and oxygen atoms in total. The molecule has 1 fully saturated rings. The van der Waals surface area contributed by atoms with E-state index in [9.17, 15) is 13.2 Å². The van der Waals surface area contributed by atoms with E-state index in [2.05, 4.69) is 15.6 Å². The highest BCUT2D eigenvalue weighted by Crippen LogP contribution is 2.34. The number of amides is 1. The molecule has 140 valence electrons. The number of nitrogens with zero attached hydrogens (tertiary/aromatic N) is 1. The number of sulfone groups is 1. The predicted octanol–water partition coefficient (Wildman–Crippen LogP) is 2.93. The number of nitrogens with one attached hydrogen (secondary N) is 2. The van der Waals surface area contributed by atoms with Crippen molar-refractivity contribution >= 4 is 44.0 Å². The van der Waals surface area contributed by atoms with Crippen molar-refractivity contribution in [2.45, 2.75) is 18.2 Å². The van der Waals surface area contributed by atoms with Gasteiger partial charge in [-0.25, -0.2) is 8.42 Å². The largest absolute Gasteiger partial charge is 0.335 e. The van der Waals surface area contributed by atoms with Crippen molar-refractivity contribution < 1.29 is 13.2 Å². The van der Waals surface area contributed by atoms with Crippen molar-refractivity contribution in [1.82, 2.24) is 0 Å². The number of fused-ring (bicyclic) bond motifs is 1. The molecule has 2 aromatic rings. The number of aryl methyl sites for hydroxylation is 1. The summed E-state index contributed by atoms with van der Waals surface area (Å²) in [5.74, 6) is 0.110. The molecule has 2 N–H and O–H groups in total. The summed E-state index contributed by atoms with van der Waals surface area (Å²) in [4.78, 5) is 17.0. The van der Waals surface area contributed by atoms with Gasteiger partial charge in [0, 0.05) is 22.2 Å². The lowest BCUT2D eigenvalue weighted by Crippen LogP contribution is -2.14. The fourth-order valence-electron chi connectivity index (χ4n) is 3.20. The quantitative estimate of drug-likeness (QED) is 0.826. The number of carbonyl (C=O) groups is 1. The van der Waals surface area contributed by atoms with Gasteiger partial charge in [-0.2, -0.15) is 0 Å². The van der Waals surface area contributed by atoms with Gasteiger partial charge in [0.1, 0.15) is 0 Å². The molecule has 2 aromatic carbocycles. The molecular formula is C19H19N3O3S2. The van der Waals surface area contributed by atoms with E-state index in [1.807, 2.05) is 37.3 Å². The number of hydrogen-bond donors (Lipinski definition) is 2. The molecular weight excluding hydrogens is 382 g/mol. The molecule has 0 saturated carbocycles. The van der Waals surface area contributed by atoms with Crippen molar-refractivity contribution in [1.29, 1.82) is 0 Å². The SMILES string of the molecule is Cc1cccc(NC(=O)c2cccc(NC3=N[C@H]4CS(=O)(=O)C[C@H]4S3)c2)c1. The zero-order valence-corrected chi connectivity index (χ0v) is 16.3. The third kappa shape index (κ3) is 4.17. The Balaban J connectivity index is 1.45. The van der Waals surface area contributed by atoms with Crippen LogP contribution < -0.4 is 10.6 Å². The third-order valence-electron chi connectivity index (χ3n) is 4.47. The van der Waals surface area contributed by atoms with Crippen LogP contribution >= 0.6 is 11.8 Å². The lowest BCUT2D eigenvalue weighted by molar-refractivity contribution is 0.102. The monoisotopic (exact) mass is 401 g/mol. The average Bonchev–Trinajstić information content (AvgIpc) is 3.07. The Morgan fingerprint density at radius 1 is 1.11 bits per heavy atom. The number of amidine groups is 1. The molecule has 0 aromatic heterocycles. The molecule has 2 aliphatic heterocycles. The molecule has 0 aliphatic carbocycles. The molecule has 0 bridgehead atoms. The Labute approximate surface area is 162 Å². The Hall–Kier alpha value is -2.32. The van der Waals surface area contributed by atoms with Gasteiger partial charge in [-0.15, -0.1) is 0 Å². The summed E-state index contributed by atoms with van der Waals surface area (Å²) in [5, 5.41) is 6.79. The first-order chi connectivity index (χ1) is 12.9. The average molecular weight is 402 g/mol. The Morgan fingerprint density at radius 3 is 2.67 bits per heavy atom. The fraction of sp³-hybridized carbons (Fsp3) is 0.263. The summed E-state index contributed by atoms with van der Waals surface area (Å²) in [6.07, 6.45) is 0. The van der Waals surface area contributed by atoms with E-state index in [1.54, 1.807) is 18.2 Å². The summed E-state index contributed by atoms with van der Waals surface area (Å²) in [5.41, 5.74) is 3.11. The van der Waals surface area contributed by atoms with Crippen LogP contribution in [0.4, 0.5) is 11.4 Å². The van der Waals surface area contributed by atoms with Crippen LogP contribution in [0.1, 0.15) is 15.9 Å². The minimum atomic E-state index is -2.96. The zero-order valence-electron chi connectivity index (χ0n) is 14.7. The smallest absolute Gasteiger partial charge is 0.255 e. The van der Waals surface area contributed by atoms with Gasteiger partial charge in [0.25, 0.3) is 5.91 Å². The standard InChI is InChI=1S/C19H19N3O3S2/c1-12-4-2-6-14(8-12)20-18(23)13-5-3-7-15(9-13)21-19-22-16-10-27(24,25)11-17(16)26-19/h2-9,16-17H,10-11H2,1H3,(H,20,23)(H,21,22)/t16-,17+/m0/s1. The second-order valence-electron chi connectivity index (χ2n) is 6.76. The van der Waals surface area contributed by atoms with Crippen LogP contribution in [-0.4, -0.2) is 42.3 Å². The second kappa shape index (κ2) is 7.01. The van der Waals surface area contributed by atoms with Crippen LogP contribution in [0.2, 0.25) is 0 Å². The number of rotatable bonds is 3. The molecule has 1 saturated heterocycles. The summed E-state index contributed by atoms with van der Waals surface area (Å²) in [6.45, 7) is 1.97.